The molecule has 0 aliphatic carbocycles. The van der Waals surface area contributed by atoms with Crippen molar-refractivity contribution in [1.82, 2.24) is 15.3 Å². The summed E-state index contributed by atoms with van der Waals surface area (Å²) in [4.78, 5) is 54.9. The van der Waals surface area contributed by atoms with Crippen LogP contribution in [0.5, 0.6) is 0 Å². The Labute approximate surface area is 183 Å². The fourth-order valence-electron chi connectivity index (χ4n) is 3.95. The summed E-state index contributed by atoms with van der Waals surface area (Å²) in [7, 11) is 1.61. The van der Waals surface area contributed by atoms with Crippen LogP contribution in [0.1, 0.15) is 12.0 Å². The topological polar surface area (TPSA) is 116 Å². The van der Waals surface area contributed by atoms with Gasteiger partial charge in [-0.2, -0.15) is 0 Å². The number of thioether (sulfide) groups is 1. The van der Waals surface area contributed by atoms with Crippen molar-refractivity contribution in [3.8, 4) is 0 Å². The monoisotopic (exact) mass is 445 g/mol. The van der Waals surface area contributed by atoms with E-state index in [1.807, 2.05) is 30.3 Å². The summed E-state index contributed by atoms with van der Waals surface area (Å²) >= 11 is 1.34. The van der Waals surface area contributed by atoms with Crippen molar-refractivity contribution in [2.75, 3.05) is 19.3 Å². The molecule has 3 aliphatic heterocycles. The van der Waals surface area contributed by atoms with E-state index >= 15 is 0 Å². The molecular formula is C21H23N3O6S. The summed E-state index contributed by atoms with van der Waals surface area (Å²) in [6.07, 6.45) is 3.55. The zero-order valence-electron chi connectivity index (χ0n) is 16.9. The number of aliphatic carboxylic acids is 1. The molecule has 0 radical (unpaired) electrons. The lowest BCUT2D eigenvalue weighted by atomic mass is 9.86. The summed E-state index contributed by atoms with van der Waals surface area (Å²) in [6, 6.07) is 8.26. The molecule has 10 heteroatoms. The van der Waals surface area contributed by atoms with Gasteiger partial charge in [0.1, 0.15) is 16.8 Å². The number of carbonyl (C=O) groups is 4. The summed E-state index contributed by atoms with van der Waals surface area (Å²) in [5.74, 6) is -1.68. The lowest BCUT2D eigenvalue weighted by Crippen LogP contribution is -2.73. The molecule has 164 valence electrons. The van der Waals surface area contributed by atoms with Gasteiger partial charge in [0.15, 0.2) is 0 Å². The van der Waals surface area contributed by atoms with E-state index in [1.165, 1.54) is 21.7 Å². The summed E-state index contributed by atoms with van der Waals surface area (Å²) in [5, 5.41) is 13.8. The van der Waals surface area contributed by atoms with Crippen LogP contribution in [-0.4, -0.2) is 75.6 Å². The van der Waals surface area contributed by atoms with Gasteiger partial charge in [-0.3, -0.25) is 19.2 Å². The highest BCUT2D eigenvalue weighted by atomic mass is 32.2. The van der Waals surface area contributed by atoms with Crippen molar-refractivity contribution in [1.29, 1.82) is 0 Å². The number of fused-ring (bicyclic) bond motifs is 1. The van der Waals surface area contributed by atoms with E-state index in [0.29, 0.717) is 0 Å². The van der Waals surface area contributed by atoms with Gasteiger partial charge >= 0.3 is 11.9 Å². The molecule has 3 fully saturated rings. The molecule has 2 amide bonds. The largest absolute Gasteiger partial charge is 0.481 e. The third-order valence-corrected chi connectivity index (χ3v) is 7.33. The fraction of sp³-hybridized carbons (Fsp3) is 0.429. The normalized spacial score (nSPS) is 30.6. The molecule has 3 saturated heterocycles. The number of carboxylic acid groups (broad SMARTS) is 1. The second-order valence-corrected chi connectivity index (χ2v) is 9.08. The number of hydrogen-bond acceptors (Lipinski definition) is 7. The Kier molecular flexibility index (Phi) is 5.76. The Balaban J connectivity index is 1.39. The van der Waals surface area contributed by atoms with E-state index in [4.69, 9.17) is 4.84 Å². The number of nitrogens with zero attached hydrogens (tertiary/aromatic N) is 2. The molecule has 3 unspecified atom stereocenters. The molecule has 2 N–H and O–H groups in total. The van der Waals surface area contributed by atoms with Crippen molar-refractivity contribution in [3.63, 3.8) is 0 Å². The summed E-state index contributed by atoms with van der Waals surface area (Å²) in [6.45, 7) is 0.0195. The van der Waals surface area contributed by atoms with Crippen LogP contribution in [-0.2, 0) is 30.4 Å². The average Bonchev–Trinajstić information content (AvgIpc) is 3.07. The van der Waals surface area contributed by atoms with E-state index in [0.717, 1.165) is 5.56 Å². The maximum Gasteiger partial charge on any atom is 0.327 e. The van der Waals surface area contributed by atoms with Gasteiger partial charge < -0.3 is 20.2 Å². The van der Waals surface area contributed by atoms with Gasteiger partial charge in [0.2, 0.25) is 11.8 Å². The van der Waals surface area contributed by atoms with Crippen LogP contribution in [0.15, 0.2) is 42.5 Å². The molecule has 4 rings (SSSR count). The maximum atomic E-state index is 12.7. The Bertz CT molecular complexity index is 938. The van der Waals surface area contributed by atoms with Gasteiger partial charge in [0, 0.05) is 19.3 Å². The zero-order chi connectivity index (χ0) is 22.2. The van der Waals surface area contributed by atoms with Crippen molar-refractivity contribution in [2.45, 2.75) is 30.3 Å². The van der Waals surface area contributed by atoms with Crippen LogP contribution in [0, 0.1) is 5.41 Å². The highest BCUT2D eigenvalue weighted by Gasteiger charge is 2.56. The second-order valence-electron chi connectivity index (χ2n) is 7.98. The molecule has 0 aromatic heterocycles. The Morgan fingerprint density at radius 1 is 1.32 bits per heavy atom. The van der Waals surface area contributed by atoms with E-state index in [-0.39, 0.29) is 54.3 Å². The van der Waals surface area contributed by atoms with Crippen LogP contribution in [0.25, 0.3) is 0 Å². The first-order chi connectivity index (χ1) is 14.8. The number of β-lactam (4-membered cyclic amide) rings is 1. The van der Waals surface area contributed by atoms with E-state index in [1.54, 1.807) is 19.2 Å². The third-order valence-electron chi connectivity index (χ3n) is 5.78. The van der Waals surface area contributed by atoms with Crippen molar-refractivity contribution in [2.24, 2.45) is 5.41 Å². The molecule has 3 heterocycles. The van der Waals surface area contributed by atoms with Crippen molar-refractivity contribution >= 4 is 35.5 Å². The number of benzene rings is 1. The molecule has 9 nitrogen and oxygen atoms in total. The molecule has 0 spiro atoms. The quantitative estimate of drug-likeness (QED) is 0.478. The standard InChI is InChI=1S/C21H23N3O6S/c1-23-14(10-16(26)30-23)7-8-21(20(28)29)11-24-18(27)17(19(24)31-12-21)22-15(25)9-13-5-3-2-4-6-13/h2-8,14,17,19H,9-12H2,1H3,(H,22,25)(H,28,29)/t14?,17?,19-,21?/m1/s1. The predicted octanol–water partition coefficient (Wildman–Crippen LogP) is 0.419. The Morgan fingerprint density at radius 3 is 2.71 bits per heavy atom. The lowest BCUT2D eigenvalue weighted by Gasteiger charge is -2.53. The SMILES string of the molecule is CN1OC(=O)CC1C=CC1(C(=O)O)CS[C@@H]2C(NC(=O)Cc3ccccc3)C(=O)N2C1. The van der Waals surface area contributed by atoms with Crippen molar-refractivity contribution in [3.05, 3.63) is 48.0 Å². The average molecular weight is 445 g/mol. The molecule has 3 aliphatic rings. The van der Waals surface area contributed by atoms with E-state index < -0.39 is 17.4 Å². The number of hydrogen-bond donors (Lipinski definition) is 2. The number of likely N-dealkylation sites (N-methyl/N-ethyl adjacent to an activating group) is 1. The van der Waals surface area contributed by atoms with Crippen LogP contribution in [0.3, 0.4) is 0 Å². The fourth-order valence-corrected chi connectivity index (χ4v) is 5.47. The predicted molar refractivity (Wildman–Crippen MR) is 112 cm³/mol. The van der Waals surface area contributed by atoms with Gasteiger partial charge in [0.25, 0.3) is 0 Å². The number of carboxylic acids is 1. The van der Waals surface area contributed by atoms with Gasteiger partial charge in [-0.1, -0.05) is 42.5 Å². The number of carbonyl (C=O) groups excluding carboxylic acids is 3. The molecule has 4 atom stereocenters. The minimum atomic E-state index is -1.26. The van der Waals surface area contributed by atoms with Gasteiger partial charge in [-0.25, -0.2) is 0 Å². The first kappa shape index (κ1) is 21.4. The van der Waals surface area contributed by atoms with Gasteiger partial charge in [-0.05, 0) is 5.56 Å². The molecule has 0 saturated carbocycles. The molecular weight excluding hydrogens is 422 g/mol. The summed E-state index contributed by atoms with van der Waals surface area (Å²) in [5.41, 5.74) is -0.406. The molecule has 1 aromatic rings. The maximum absolute atomic E-state index is 12.7. The first-order valence-corrected chi connectivity index (χ1v) is 11.0. The lowest BCUT2D eigenvalue weighted by molar-refractivity contribution is -0.167. The van der Waals surface area contributed by atoms with Crippen LogP contribution >= 0.6 is 11.8 Å². The van der Waals surface area contributed by atoms with E-state index in [2.05, 4.69) is 5.32 Å². The third kappa shape index (κ3) is 4.17. The van der Waals surface area contributed by atoms with Crippen LogP contribution in [0.2, 0.25) is 0 Å². The Morgan fingerprint density at radius 2 is 2.06 bits per heavy atom. The number of rotatable bonds is 6. The highest BCUT2D eigenvalue weighted by Crippen LogP contribution is 2.43. The minimum absolute atomic E-state index is 0.0195. The first-order valence-electron chi connectivity index (χ1n) is 9.91. The van der Waals surface area contributed by atoms with Crippen molar-refractivity contribution < 1.29 is 29.1 Å². The van der Waals surface area contributed by atoms with Gasteiger partial charge in [-0.15, -0.1) is 16.8 Å². The number of nitrogens with one attached hydrogen (secondary N) is 1. The molecule has 1 aromatic carbocycles. The number of amides is 2. The number of hydroxylamine groups is 2. The second kappa shape index (κ2) is 8.35. The van der Waals surface area contributed by atoms with Crippen LogP contribution in [0.4, 0.5) is 0 Å². The van der Waals surface area contributed by atoms with E-state index in [9.17, 15) is 24.3 Å². The van der Waals surface area contributed by atoms with Gasteiger partial charge in [0.05, 0.1) is 18.9 Å². The van der Waals surface area contributed by atoms with Crippen LogP contribution < -0.4 is 5.32 Å². The zero-order valence-corrected chi connectivity index (χ0v) is 17.7. The molecule has 0 bridgehead atoms. The highest BCUT2D eigenvalue weighted by molar-refractivity contribution is 8.00. The smallest absolute Gasteiger partial charge is 0.327 e. The Hall–Kier alpha value is -2.85. The minimum Gasteiger partial charge on any atom is -0.481 e. The molecule has 31 heavy (non-hydrogen) atoms. The summed E-state index contributed by atoms with van der Waals surface area (Å²) < 4.78 is 0.